The number of rotatable bonds is 6. The number of fused-ring (bicyclic) bond motifs is 1. The van der Waals surface area contributed by atoms with E-state index < -0.39 is 6.04 Å². The van der Waals surface area contributed by atoms with Crippen molar-refractivity contribution in [3.63, 3.8) is 0 Å². The Morgan fingerprint density at radius 2 is 1.83 bits per heavy atom. The monoisotopic (exact) mass is 408 g/mol. The molecule has 3 aromatic rings. The van der Waals surface area contributed by atoms with Gasteiger partial charge in [-0.1, -0.05) is 41.7 Å². The second kappa shape index (κ2) is 9.11. The second-order valence-electron chi connectivity index (χ2n) is 6.35. The van der Waals surface area contributed by atoms with Gasteiger partial charge in [0.2, 0.25) is 17.7 Å². The topological polar surface area (TPSA) is 100 Å². The van der Waals surface area contributed by atoms with Crippen LogP contribution in [0.1, 0.15) is 19.4 Å². The predicted molar refractivity (Wildman–Crippen MR) is 116 cm³/mol. The second-order valence-corrected chi connectivity index (χ2v) is 7.38. The van der Waals surface area contributed by atoms with Gasteiger partial charge in [-0.25, -0.2) is 4.98 Å². The molecule has 0 aliphatic rings. The summed E-state index contributed by atoms with van der Waals surface area (Å²) in [5.41, 5.74) is 2.27. The Bertz CT molecular complexity index is 1080. The fraction of sp³-hybridized carbons (Fsp3) is 0.143. The number of benzene rings is 2. The molecule has 1 atom stereocenters. The van der Waals surface area contributed by atoms with Crippen LogP contribution in [0.2, 0.25) is 0 Å². The number of nitrogens with one attached hydrogen (secondary N) is 3. The van der Waals surface area contributed by atoms with Crippen molar-refractivity contribution in [2.75, 3.05) is 10.6 Å². The van der Waals surface area contributed by atoms with E-state index in [4.69, 9.17) is 0 Å². The summed E-state index contributed by atoms with van der Waals surface area (Å²) in [5.74, 6) is -0.887. The van der Waals surface area contributed by atoms with Crippen LogP contribution in [0.4, 0.5) is 10.8 Å². The first-order valence-electron chi connectivity index (χ1n) is 8.93. The highest BCUT2D eigenvalue weighted by Crippen LogP contribution is 2.28. The average Bonchev–Trinajstić information content (AvgIpc) is 3.08. The van der Waals surface area contributed by atoms with Gasteiger partial charge in [0.1, 0.15) is 6.04 Å². The molecule has 148 valence electrons. The van der Waals surface area contributed by atoms with Gasteiger partial charge in [0.15, 0.2) is 5.13 Å². The molecule has 1 aromatic heterocycles. The number of carbonyl (C=O) groups is 3. The summed E-state index contributed by atoms with van der Waals surface area (Å²) in [6, 6.07) is 14.0. The van der Waals surface area contributed by atoms with E-state index in [2.05, 4.69) is 20.9 Å². The zero-order chi connectivity index (χ0) is 20.8. The Morgan fingerprint density at radius 3 is 2.55 bits per heavy atom. The van der Waals surface area contributed by atoms with Crippen LogP contribution in [0.25, 0.3) is 16.3 Å². The van der Waals surface area contributed by atoms with Crippen LogP contribution in [-0.4, -0.2) is 28.7 Å². The van der Waals surface area contributed by atoms with Crippen molar-refractivity contribution in [2.45, 2.75) is 19.9 Å². The van der Waals surface area contributed by atoms with Crippen LogP contribution < -0.4 is 16.0 Å². The normalized spacial score (nSPS) is 11.9. The van der Waals surface area contributed by atoms with Gasteiger partial charge in [0.25, 0.3) is 0 Å². The van der Waals surface area contributed by atoms with Crippen molar-refractivity contribution in [2.24, 2.45) is 0 Å². The van der Waals surface area contributed by atoms with Crippen LogP contribution in [-0.2, 0) is 14.4 Å². The Kier molecular flexibility index (Phi) is 6.36. The summed E-state index contributed by atoms with van der Waals surface area (Å²) in [6.45, 7) is 3.04. The molecule has 7 nitrogen and oxygen atoms in total. The highest BCUT2D eigenvalue weighted by atomic mass is 32.1. The first kappa shape index (κ1) is 20.2. The minimum Gasteiger partial charge on any atom is -0.341 e. The SMILES string of the molecule is CC(=O)Nc1ccc2nc(NC(=O)C(C)NC(=O)/C=C/c3ccccc3)sc2c1. The fourth-order valence-corrected chi connectivity index (χ4v) is 3.44. The summed E-state index contributed by atoms with van der Waals surface area (Å²) < 4.78 is 0.828. The third-order valence-corrected chi connectivity index (χ3v) is 4.85. The third-order valence-electron chi connectivity index (χ3n) is 3.92. The lowest BCUT2D eigenvalue weighted by Crippen LogP contribution is -2.40. The van der Waals surface area contributed by atoms with Crippen molar-refractivity contribution in [3.05, 3.63) is 60.2 Å². The van der Waals surface area contributed by atoms with Crippen LogP contribution in [0.15, 0.2) is 54.6 Å². The Balaban J connectivity index is 1.59. The first-order valence-corrected chi connectivity index (χ1v) is 9.75. The summed E-state index contributed by atoms with van der Waals surface area (Å²) in [6.07, 6.45) is 3.07. The molecular formula is C21H20N4O3S. The van der Waals surface area contributed by atoms with Gasteiger partial charge in [0.05, 0.1) is 10.2 Å². The van der Waals surface area contributed by atoms with Gasteiger partial charge in [0, 0.05) is 18.7 Å². The number of thiazole rings is 1. The van der Waals surface area contributed by atoms with E-state index in [9.17, 15) is 14.4 Å². The van der Waals surface area contributed by atoms with Crippen molar-refractivity contribution in [3.8, 4) is 0 Å². The molecule has 0 saturated heterocycles. The van der Waals surface area contributed by atoms with Crippen molar-refractivity contribution in [1.29, 1.82) is 0 Å². The van der Waals surface area contributed by atoms with Crippen LogP contribution in [0.5, 0.6) is 0 Å². The summed E-state index contributed by atoms with van der Waals surface area (Å²) >= 11 is 1.29. The number of anilines is 2. The molecule has 0 aliphatic heterocycles. The lowest BCUT2D eigenvalue weighted by molar-refractivity contribution is -0.123. The molecule has 3 N–H and O–H groups in total. The lowest BCUT2D eigenvalue weighted by atomic mass is 10.2. The minimum absolute atomic E-state index is 0.159. The molecule has 3 rings (SSSR count). The highest BCUT2D eigenvalue weighted by Gasteiger charge is 2.16. The average molecular weight is 408 g/mol. The number of aromatic nitrogens is 1. The summed E-state index contributed by atoms with van der Waals surface area (Å²) in [7, 11) is 0. The molecule has 0 bridgehead atoms. The van der Waals surface area contributed by atoms with Crippen LogP contribution >= 0.6 is 11.3 Å². The molecule has 2 aromatic carbocycles. The standard InChI is InChI=1S/C21H20N4O3S/c1-13(22-19(27)11-8-15-6-4-3-5-7-15)20(28)25-21-24-17-10-9-16(23-14(2)26)12-18(17)29-21/h3-13H,1-2H3,(H,22,27)(H,23,26)(H,24,25,28)/b11-8+. The third kappa shape index (κ3) is 5.73. The largest absolute Gasteiger partial charge is 0.341 e. The van der Waals surface area contributed by atoms with E-state index in [-0.39, 0.29) is 17.7 Å². The molecule has 0 aliphatic carbocycles. The Hall–Kier alpha value is -3.52. The molecule has 0 fully saturated rings. The zero-order valence-electron chi connectivity index (χ0n) is 15.9. The smallest absolute Gasteiger partial charge is 0.248 e. The maximum atomic E-state index is 12.4. The Labute approximate surface area is 171 Å². The van der Waals surface area contributed by atoms with Crippen molar-refractivity contribution >= 4 is 56.2 Å². The maximum absolute atomic E-state index is 12.4. The molecule has 29 heavy (non-hydrogen) atoms. The minimum atomic E-state index is -0.732. The molecule has 0 radical (unpaired) electrons. The summed E-state index contributed by atoms with van der Waals surface area (Å²) in [5, 5.41) is 8.47. The summed E-state index contributed by atoms with van der Waals surface area (Å²) in [4.78, 5) is 39.9. The van der Waals surface area contributed by atoms with E-state index in [1.54, 1.807) is 31.2 Å². The van der Waals surface area contributed by atoms with Crippen LogP contribution in [0.3, 0.4) is 0 Å². The lowest BCUT2D eigenvalue weighted by Gasteiger charge is -2.11. The van der Waals surface area contributed by atoms with E-state index in [1.807, 2.05) is 30.3 Å². The maximum Gasteiger partial charge on any atom is 0.248 e. The number of carbonyl (C=O) groups excluding carboxylic acids is 3. The predicted octanol–water partition coefficient (Wildman–Crippen LogP) is 3.41. The van der Waals surface area contributed by atoms with Gasteiger partial charge in [-0.05, 0) is 36.8 Å². The van der Waals surface area contributed by atoms with Crippen molar-refractivity contribution < 1.29 is 14.4 Å². The van der Waals surface area contributed by atoms with Gasteiger partial charge in [-0.3, -0.25) is 14.4 Å². The zero-order valence-corrected chi connectivity index (χ0v) is 16.7. The van der Waals surface area contributed by atoms with Crippen LogP contribution in [0, 0.1) is 0 Å². The molecule has 0 saturated carbocycles. The van der Waals surface area contributed by atoms with Crippen molar-refractivity contribution in [1.82, 2.24) is 10.3 Å². The number of nitrogens with zero attached hydrogens (tertiary/aromatic N) is 1. The van der Waals surface area contributed by atoms with Gasteiger partial charge in [-0.2, -0.15) is 0 Å². The molecule has 0 spiro atoms. The van der Waals surface area contributed by atoms with Gasteiger partial charge < -0.3 is 16.0 Å². The first-order chi connectivity index (χ1) is 13.9. The van der Waals surface area contributed by atoms with Gasteiger partial charge >= 0.3 is 0 Å². The van der Waals surface area contributed by atoms with E-state index >= 15 is 0 Å². The quantitative estimate of drug-likeness (QED) is 0.544. The molecule has 1 unspecified atom stereocenters. The molecule has 8 heteroatoms. The number of hydrogen-bond acceptors (Lipinski definition) is 5. The van der Waals surface area contributed by atoms with E-state index in [1.165, 1.54) is 24.3 Å². The highest BCUT2D eigenvalue weighted by molar-refractivity contribution is 7.22. The van der Waals surface area contributed by atoms with E-state index in [0.717, 1.165) is 10.3 Å². The van der Waals surface area contributed by atoms with E-state index in [0.29, 0.717) is 16.3 Å². The molecule has 3 amide bonds. The Morgan fingerprint density at radius 1 is 1.07 bits per heavy atom. The molecule has 1 heterocycles. The number of hydrogen-bond donors (Lipinski definition) is 3. The number of amides is 3. The fourth-order valence-electron chi connectivity index (χ4n) is 2.54. The van der Waals surface area contributed by atoms with Gasteiger partial charge in [-0.15, -0.1) is 0 Å². The molecular weight excluding hydrogens is 388 g/mol.